The molecule has 0 saturated heterocycles. The van der Waals surface area contributed by atoms with Gasteiger partial charge in [-0.15, -0.1) is 0 Å². The van der Waals surface area contributed by atoms with Crippen molar-refractivity contribution in [3.63, 3.8) is 0 Å². The van der Waals surface area contributed by atoms with Crippen LogP contribution in [0.4, 0.5) is 0 Å². The molecule has 0 aromatic carbocycles. The van der Waals surface area contributed by atoms with Gasteiger partial charge >= 0.3 is 0 Å². The van der Waals surface area contributed by atoms with E-state index in [0.29, 0.717) is 5.92 Å². The average Bonchev–Trinajstić information content (AvgIpc) is 2.75. The van der Waals surface area contributed by atoms with Crippen molar-refractivity contribution in [1.82, 2.24) is 5.32 Å². The monoisotopic (exact) mass is 248 g/mol. The fourth-order valence-electron chi connectivity index (χ4n) is 4.02. The SMILES string of the molecule is CC(C)(C#N)C(=O)NC1C2(C)CCC(C2)C1(C)C. The standard InChI is InChI=1S/C15H24N2O/c1-13(2,9-16)12(18)17-11-14(3,4)10-6-7-15(11,5)8-10/h10-11H,6-8H2,1-5H3,(H,17,18). The quantitative estimate of drug-likeness (QED) is 0.817. The number of rotatable bonds is 2. The van der Waals surface area contributed by atoms with E-state index in [1.165, 1.54) is 19.3 Å². The van der Waals surface area contributed by atoms with Gasteiger partial charge in [0.15, 0.2) is 0 Å². The van der Waals surface area contributed by atoms with E-state index in [2.05, 4.69) is 32.2 Å². The van der Waals surface area contributed by atoms with Gasteiger partial charge in [-0.25, -0.2) is 0 Å². The number of carbonyl (C=O) groups is 1. The summed E-state index contributed by atoms with van der Waals surface area (Å²) in [6.45, 7) is 10.2. The van der Waals surface area contributed by atoms with Gasteiger partial charge in [-0.2, -0.15) is 5.26 Å². The van der Waals surface area contributed by atoms with Crippen LogP contribution in [-0.2, 0) is 4.79 Å². The highest BCUT2D eigenvalue weighted by Crippen LogP contribution is 2.62. The highest BCUT2D eigenvalue weighted by molar-refractivity contribution is 5.85. The lowest BCUT2D eigenvalue weighted by Crippen LogP contribution is -2.54. The zero-order chi connectivity index (χ0) is 13.8. The lowest BCUT2D eigenvalue weighted by atomic mass is 9.68. The first-order chi connectivity index (χ1) is 8.13. The topological polar surface area (TPSA) is 52.9 Å². The molecule has 2 aliphatic rings. The van der Waals surface area contributed by atoms with Crippen LogP contribution in [0.2, 0.25) is 0 Å². The third kappa shape index (κ3) is 1.74. The summed E-state index contributed by atoms with van der Waals surface area (Å²) >= 11 is 0. The first kappa shape index (κ1) is 13.4. The molecule has 2 rings (SSSR count). The molecule has 2 fully saturated rings. The molecular formula is C15H24N2O. The molecule has 0 aromatic rings. The van der Waals surface area contributed by atoms with Crippen molar-refractivity contribution in [3.8, 4) is 6.07 Å². The van der Waals surface area contributed by atoms with Crippen molar-refractivity contribution < 1.29 is 4.79 Å². The Morgan fingerprint density at radius 3 is 2.44 bits per heavy atom. The summed E-state index contributed by atoms with van der Waals surface area (Å²) < 4.78 is 0. The fourth-order valence-corrected chi connectivity index (χ4v) is 4.02. The summed E-state index contributed by atoms with van der Waals surface area (Å²) in [7, 11) is 0. The molecule has 1 amide bonds. The van der Waals surface area contributed by atoms with E-state index in [1.807, 2.05) is 0 Å². The molecule has 0 radical (unpaired) electrons. The van der Waals surface area contributed by atoms with Crippen molar-refractivity contribution >= 4 is 5.91 Å². The minimum Gasteiger partial charge on any atom is -0.351 e. The number of nitriles is 1. The van der Waals surface area contributed by atoms with Crippen LogP contribution in [-0.4, -0.2) is 11.9 Å². The molecule has 3 atom stereocenters. The summed E-state index contributed by atoms with van der Waals surface area (Å²) in [5.74, 6) is 0.579. The number of fused-ring (bicyclic) bond motifs is 2. The second kappa shape index (κ2) is 3.73. The van der Waals surface area contributed by atoms with Crippen molar-refractivity contribution in [2.75, 3.05) is 0 Å². The van der Waals surface area contributed by atoms with Gasteiger partial charge in [0.1, 0.15) is 5.41 Å². The minimum atomic E-state index is -0.936. The summed E-state index contributed by atoms with van der Waals surface area (Å²) in [4.78, 5) is 12.2. The molecule has 100 valence electrons. The molecule has 0 spiro atoms. The van der Waals surface area contributed by atoms with E-state index < -0.39 is 5.41 Å². The maximum atomic E-state index is 12.2. The molecule has 3 heteroatoms. The number of nitrogens with zero attached hydrogens (tertiary/aromatic N) is 1. The number of hydrogen-bond donors (Lipinski definition) is 1. The van der Waals surface area contributed by atoms with Gasteiger partial charge in [0.25, 0.3) is 0 Å². The van der Waals surface area contributed by atoms with Gasteiger partial charge in [-0.1, -0.05) is 20.8 Å². The molecule has 3 unspecified atom stereocenters. The van der Waals surface area contributed by atoms with E-state index in [9.17, 15) is 4.79 Å². The number of hydrogen-bond acceptors (Lipinski definition) is 2. The van der Waals surface area contributed by atoms with Crippen LogP contribution in [0.3, 0.4) is 0 Å². The van der Waals surface area contributed by atoms with E-state index >= 15 is 0 Å². The van der Waals surface area contributed by atoms with Crippen LogP contribution in [0.5, 0.6) is 0 Å². The third-order valence-electron chi connectivity index (χ3n) is 5.39. The van der Waals surface area contributed by atoms with E-state index in [4.69, 9.17) is 5.26 Å². The van der Waals surface area contributed by atoms with E-state index in [1.54, 1.807) is 13.8 Å². The zero-order valence-electron chi connectivity index (χ0n) is 12.1. The van der Waals surface area contributed by atoms with Crippen molar-refractivity contribution in [3.05, 3.63) is 0 Å². The second-order valence-corrected chi connectivity index (χ2v) is 7.56. The van der Waals surface area contributed by atoms with Gasteiger partial charge in [-0.3, -0.25) is 4.79 Å². The van der Waals surface area contributed by atoms with Crippen molar-refractivity contribution in [2.24, 2.45) is 22.2 Å². The Morgan fingerprint density at radius 2 is 2.00 bits per heavy atom. The van der Waals surface area contributed by atoms with Gasteiger partial charge in [-0.05, 0) is 49.9 Å². The molecule has 2 aliphatic carbocycles. The fraction of sp³-hybridized carbons (Fsp3) is 0.867. The van der Waals surface area contributed by atoms with E-state index in [0.717, 1.165) is 0 Å². The van der Waals surface area contributed by atoms with Crippen molar-refractivity contribution in [2.45, 2.75) is 59.9 Å². The van der Waals surface area contributed by atoms with Crippen LogP contribution >= 0.6 is 0 Å². The Balaban J connectivity index is 2.20. The van der Waals surface area contributed by atoms with Crippen LogP contribution in [0, 0.1) is 33.5 Å². The molecule has 1 N–H and O–H groups in total. The third-order valence-corrected chi connectivity index (χ3v) is 5.39. The lowest BCUT2D eigenvalue weighted by molar-refractivity contribution is -0.129. The molecule has 2 saturated carbocycles. The Morgan fingerprint density at radius 1 is 1.39 bits per heavy atom. The van der Waals surface area contributed by atoms with Gasteiger partial charge < -0.3 is 5.32 Å². The van der Waals surface area contributed by atoms with Crippen molar-refractivity contribution in [1.29, 1.82) is 5.26 Å². The highest BCUT2D eigenvalue weighted by Gasteiger charge is 2.60. The molecule has 0 aliphatic heterocycles. The highest BCUT2D eigenvalue weighted by atomic mass is 16.2. The first-order valence-electron chi connectivity index (χ1n) is 6.86. The smallest absolute Gasteiger partial charge is 0.240 e. The predicted octanol–water partition coefficient (Wildman–Crippen LogP) is 2.87. The van der Waals surface area contributed by atoms with E-state index in [-0.39, 0.29) is 22.8 Å². The van der Waals surface area contributed by atoms with Crippen LogP contribution in [0.15, 0.2) is 0 Å². The lowest BCUT2D eigenvalue weighted by Gasteiger charge is -2.43. The van der Waals surface area contributed by atoms with Crippen LogP contribution in [0.1, 0.15) is 53.9 Å². The molecule has 3 nitrogen and oxygen atoms in total. The molecule has 0 heterocycles. The van der Waals surface area contributed by atoms with Crippen LogP contribution < -0.4 is 5.32 Å². The Bertz CT molecular complexity index is 414. The minimum absolute atomic E-state index is 0.128. The van der Waals surface area contributed by atoms with Gasteiger partial charge in [0.05, 0.1) is 6.07 Å². The summed E-state index contributed by atoms with van der Waals surface area (Å²) in [6, 6.07) is 2.28. The molecule has 2 bridgehead atoms. The largest absolute Gasteiger partial charge is 0.351 e. The molecular weight excluding hydrogens is 224 g/mol. The summed E-state index contributed by atoms with van der Waals surface area (Å²) in [6.07, 6.45) is 3.68. The van der Waals surface area contributed by atoms with Gasteiger partial charge in [0.2, 0.25) is 5.91 Å². The average molecular weight is 248 g/mol. The molecule has 0 aromatic heterocycles. The Hall–Kier alpha value is -1.04. The zero-order valence-corrected chi connectivity index (χ0v) is 12.1. The first-order valence-corrected chi connectivity index (χ1v) is 6.86. The second-order valence-electron chi connectivity index (χ2n) is 7.56. The normalized spacial score (nSPS) is 37.3. The maximum Gasteiger partial charge on any atom is 0.240 e. The van der Waals surface area contributed by atoms with Crippen LogP contribution in [0.25, 0.3) is 0 Å². The predicted molar refractivity (Wildman–Crippen MR) is 70.6 cm³/mol. The Kier molecular flexibility index (Phi) is 2.77. The van der Waals surface area contributed by atoms with Gasteiger partial charge in [0, 0.05) is 6.04 Å². The number of amides is 1. The number of carbonyl (C=O) groups excluding carboxylic acids is 1. The summed E-state index contributed by atoms with van der Waals surface area (Å²) in [5.41, 5.74) is -0.572. The molecule has 18 heavy (non-hydrogen) atoms. The Labute approximate surface area is 110 Å². The number of nitrogens with one attached hydrogen (secondary N) is 1. The maximum absolute atomic E-state index is 12.2. The summed E-state index contributed by atoms with van der Waals surface area (Å²) in [5, 5.41) is 12.2.